The summed E-state index contributed by atoms with van der Waals surface area (Å²) in [5.74, 6) is -0.0377. The number of sulfonamides is 1. The van der Waals surface area contributed by atoms with Crippen molar-refractivity contribution in [2.24, 2.45) is 0 Å². The number of hydrogen-bond acceptors (Lipinski definition) is 5. The zero-order chi connectivity index (χ0) is 13.0. The second-order valence-electron chi connectivity index (χ2n) is 3.70. The summed E-state index contributed by atoms with van der Waals surface area (Å²) >= 11 is 0. The number of anilines is 1. The van der Waals surface area contributed by atoms with Gasteiger partial charge in [0.25, 0.3) is 5.71 Å². The van der Waals surface area contributed by atoms with E-state index >= 15 is 0 Å². The summed E-state index contributed by atoms with van der Waals surface area (Å²) in [6.07, 6.45) is 2.01. The molecule has 2 aromatic rings. The van der Waals surface area contributed by atoms with Gasteiger partial charge < -0.3 is 4.52 Å². The summed E-state index contributed by atoms with van der Waals surface area (Å²) in [6.45, 7) is -0.521. The summed E-state index contributed by atoms with van der Waals surface area (Å²) in [7, 11) is -3.54. The number of pyridine rings is 1. The zero-order valence-electron chi connectivity index (χ0n) is 9.47. The van der Waals surface area contributed by atoms with Crippen molar-refractivity contribution in [1.29, 1.82) is 0 Å². The van der Waals surface area contributed by atoms with Gasteiger partial charge >= 0.3 is 0 Å². The molecule has 0 aromatic carbocycles. The van der Waals surface area contributed by atoms with Crippen molar-refractivity contribution >= 4 is 26.9 Å². The molecule has 0 aliphatic rings. The van der Waals surface area contributed by atoms with Crippen LogP contribution in [0.4, 0.5) is 10.2 Å². The second kappa shape index (κ2) is 5.30. The molecule has 0 unspecified atom stereocenters. The Balaban J connectivity index is 2.13. The molecular weight excluding hydrogens is 261 g/mol. The SMILES string of the molecule is O=S(=O)(CCCCF)Nc1noc2ncccc12. The molecule has 98 valence electrons. The van der Waals surface area contributed by atoms with E-state index in [-0.39, 0.29) is 30.1 Å². The lowest BCUT2D eigenvalue weighted by molar-refractivity contribution is 0.452. The molecular formula is C10H12FN3O3S. The van der Waals surface area contributed by atoms with E-state index in [0.717, 1.165) is 0 Å². The van der Waals surface area contributed by atoms with Crippen LogP contribution in [0.25, 0.3) is 11.1 Å². The van der Waals surface area contributed by atoms with Crippen molar-refractivity contribution in [3.05, 3.63) is 18.3 Å². The molecule has 0 saturated heterocycles. The van der Waals surface area contributed by atoms with Crippen LogP contribution < -0.4 is 4.72 Å². The highest BCUT2D eigenvalue weighted by molar-refractivity contribution is 7.92. The highest BCUT2D eigenvalue weighted by Gasteiger charge is 2.15. The van der Waals surface area contributed by atoms with E-state index in [9.17, 15) is 12.8 Å². The van der Waals surface area contributed by atoms with E-state index in [0.29, 0.717) is 5.39 Å². The second-order valence-corrected chi connectivity index (χ2v) is 5.55. The Hall–Kier alpha value is -1.70. The predicted octanol–water partition coefficient (Wildman–Crippen LogP) is 1.71. The van der Waals surface area contributed by atoms with Crippen LogP contribution in [-0.4, -0.2) is 31.0 Å². The molecule has 2 heterocycles. The smallest absolute Gasteiger partial charge is 0.259 e. The van der Waals surface area contributed by atoms with Crippen molar-refractivity contribution in [1.82, 2.24) is 10.1 Å². The lowest BCUT2D eigenvalue weighted by Crippen LogP contribution is -2.17. The number of hydrogen-bond donors (Lipinski definition) is 1. The maximum absolute atomic E-state index is 11.9. The van der Waals surface area contributed by atoms with Gasteiger partial charge in [0, 0.05) is 6.20 Å². The van der Waals surface area contributed by atoms with Gasteiger partial charge in [-0.25, -0.2) is 13.4 Å². The quantitative estimate of drug-likeness (QED) is 0.810. The van der Waals surface area contributed by atoms with Crippen LogP contribution in [0.2, 0.25) is 0 Å². The maximum atomic E-state index is 11.9. The first kappa shape index (κ1) is 12.7. The van der Waals surface area contributed by atoms with Gasteiger partial charge in [-0.1, -0.05) is 5.16 Å². The standard InChI is InChI=1S/C10H12FN3O3S/c11-5-1-2-7-18(15,16)14-9-8-4-3-6-12-10(8)17-13-9/h3-4,6H,1-2,5,7H2,(H,13,14). The average molecular weight is 273 g/mol. The minimum Gasteiger partial charge on any atom is -0.334 e. The molecule has 2 rings (SSSR count). The highest BCUT2D eigenvalue weighted by Crippen LogP contribution is 2.21. The van der Waals surface area contributed by atoms with Crippen molar-refractivity contribution in [2.75, 3.05) is 17.1 Å². The normalized spacial score (nSPS) is 11.8. The number of aromatic nitrogens is 2. The van der Waals surface area contributed by atoms with E-state index in [2.05, 4.69) is 14.9 Å². The predicted molar refractivity (Wildman–Crippen MR) is 64.4 cm³/mol. The molecule has 0 saturated carbocycles. The molecule has 0 radical (unpaired) electrons. The fraction of sp³-hybridized carbons (Fsp3) is 0.400. The molecule has 8 heteroatoms. The summed E-state index contributed by atoms with van der Waals surface area (Å²) in [5, 5.41) is 4.10. The van der Waals surface area contributed by atoms with Crippen molar-refractivity contribution in [3.63, 3.8) is 0 Å². The number of nitrogens with zero attached hydrogens (tertiary/aromatic N) is 2. The number of alkyl halides is 1. The van der Waals surface area contributed by atoms with Crippen LogP contribution in [-0.2, 0) is 10.0 Å². The van der Waals surface area contributed by atoms with E-state index in [1.54, 1.807) is 12.1 Å². The summed E-state index contributed by atoms with van der Waals surface area (Å²) < 4.78 is 42.4. The summed E-state index contributed by atoms with van der Waals surface area (Å²) in [4.78, 5) is 3.89. The van der Waals surface area contributed by atoms with E-state index in [1.165, 1.54) is 6.20 Å². The maximum Gasteiger partial charge on any atom is 0.259 e. The van der Waals surface area contributed by atoms with Crippen molar-refractivity contribution < 1.29 is 17.3 Å². The summed E-state index contributed by atoms with van der Waals surface area (Å²) in [5.41, 5.74) is 0.263. The molecule has 0 aliphatic heterocycles. The van der Waals surface area contributed by atoms with E-state index < -0.39 is 16.7 Å². The van der Waals surface area contributed by atoms with Crippen LogP contribution in [0.15, 0.2) is 22.9 Å². The Morgan fingerprint density at radius 3 is 3.00 bits per heavy atom. The number of rotatable bonds is 6. The molecule has 2 aromatic heterocycles. The monoisotopic (exact) mass is 273 g/mol. The van der Waals surface area contributed by atoms with Gasteiger partial charge in [-0.15, -0.1) is 0 Å². The third-order valence-electron chi connectivity index (χ3n) is 2.30. The fourth-order valence-corrected chi connectivity index (χ4v) is 2.57. The molecule has 0 atom stereocenters. The Bertz CT molecular complexity index is 626. The fourth-order valence-electron chi connectivity index (χ4n) is 1.44. The molecule has 0 spiro atoms. The van der Waals surface area contributed by atoms with Gasteiger partial charge in [0.2, 0.25) is 10.0 Å². The first-order chi connectivity index (χ1) is 8.62. The Kier molecular flexibility index (Phi) is 3.75. The van der Waals surface area contributed by atoms with Crippen molar-refractivity contribution in [2.45, 2.75) is 12.8 Å². The van der Waals surface area contributed by atoms with Crippen molar-refractivity contribution in [3.8, 4) is 0 Å². The molecule has 0 bridgehead atoms. The Morgan fingerprint density at radius 1 is 1.39 bits per heavy atom. The lowest BCUT2D eigenvalue weighted by Gasteiger charge is -2.03. The molecule has 1 N–H and O–H groups in total. The van der Waals surface area contributed by atoms with Gasteiger partial charge in [-0.05, 0) is 25.0 Å². The van der Waals surface area contributed by atoms with Crippen LogP contribution in [0, 0.1) is 0 Å². The van der Waals surface area contributed by atoms with Gasteiger partial charge in [0.15, 0.2) is 5.82 Å². The summed E-state index contributed by atoms with van der Waals surface area (Å²) in [6, 6.07) is 3.30. The first-order valence-corrected chi connectivity index (χ1v) is 7.04. The van der Waals surface area contributed by atoms with Gasteiger partial charge in [0.1, 0.15) is 0 Å². The first-order valence-electron chi connectivity index (χ1n) is 5.39. The van der Waals surface area contributed by atoms with Crippen LogP contribution in [0.1, 0.15) is 12.8 Å². The molecule has 6 nitrogen and oxygen atoms in total. The largest absolute Gasteiger partial charge is 0.334 e. The highest BCUT2D eigenvalue weighted by atomic mass is 32.2. The lowest BCUT2D eigenvalue weighted by atomic mass is 10.3. The molecule has 0 aliphatic carbocycles. The third-order valence-corrected chi connectivity index (χ3v) is 3.63. The van der Waals surface area contributed by atoms with Crippen LogP contribution in [0.3, 0.4) is 0 Å². The number of halogens is 1. The van der Waals surface area contributed by atoms with Crippen LogP contribution in [0.5, 0.6) is 0 Å². The minimum atomic E-state index is -3.54. The Labute approximate surface area is 103 Å². The van der Waals surface area contributed by atoms with E-state index in [4.69, 9.17) is 4.52 Å². The number of fused-ring (bicyclic) bond motifs is 1. The van der Waals surface area contributed by atoms with Gasteiger partial charge in [-0.2, -0.15) is 0 Å². The Morgan fingerprint density at radius 2 is 2.22 bits per heavy atom. The van der Waals surface area contributed by atoms with Gasteiger partial charge in [-0.3, -0.25) is 9.11 Å². The van der Waals surface area contributed by atoms with E-state index in [1.807, 2.05) is 0 Å². The molecule has 18 heavy (non-hydrogen) atoms. The zero-order valence-corrected chi connectivity index (χ0v) is 10.3. The number of unbranched alkanes of at least 4 members (excludes halogenated alkanes) is 1. The van der Waals surface area contributed by atoms with Gasteiger partial charge in [0.05, 0.1) is 17.8 Å². The van der Waals surface area contributed by atoms with Crippen LogP contribution >= 0.6 is 0 Å². The minimum absolute atomic E-state index is 0.110. The topological polar surface area (TPSA) is 85.1 Å². The average Bonchev–Trinajstić information content (AvgIpc) is 2.72. The third kappa shape index (κ3) is 2.95. The molecule has 0 amide bonds. The molecule has 0 fully saturated rings. The number of nitrogens with one attached hydrogen (secondary N) is 1.